The van der Waals surface area contributed by atoms with Crippen molar-refractivity contribution in [2.45, 2.75) is 86.0 Å². The summed E-state index contributed by atoms with van der Waals surface area (Å²) in [6, 6.07) is 6.31. The summed E-state index contributed by atoms with van der Waals surface area (Å²) < 4.78 is 10.7. The minimum atomic E-state index is -0.668. The van der Waals surface area contributed by atoms with E-state index in [2.05, 4.69) is 10.6 Å². The van der Waals surface area contributed by atoms with Gasteiger partial charge in [0.25, 0.3) is 11.8 Å². The third kappa shape index (κ3) is 8.53. The fourth-order valence-corrected chi connectivity index (χ4v) is 4.06. The molecule has 0 radical (unpaired) electrons. The van der Waals surface area contributed by atoms with Crippen molar-refractivity contribution in [3.05, 3.63) is 35.4 Å². The second-order valence-corrected chi connectivity index (χ2v) is 12.2. The van der Waals surface area contributed by atoms with Crippen molar-refractivity contribution in [1.29, 1.82) is 0 Å². The number of nitrogens with one attached hydrogen (secondary N) is 2. The number of hydrogen-bond donors (Lipinski definition) is 2. The van der Waals surface area contributed by atoms with Crippen molar-refractivity contribution in [2.75, 3.05) is 13.1 Å². The van der Waals surface area contributed by atoms with Gasteiger partial charge in [-0.3, -0.25) is 14.5 Å². The SMILES string of the molecule is C[C@@H](NC(=O)OC(C)(C)C)C(CN1C(=O)c2ccccc2C1=O)CC(C)(C)CNC(=O)OC(C)(C)C. The molecule has 0 aromatic heterocycles. The minimum Gasteiger partial charge on any atom is -0.444 e. The van der Waals surface area contributed by atoms with E-state index in [1.165, 1.54) is 4.90 Å². The molecule has 36 heavy (non-hydrogen) atoms. The Balaban J connectivity index is 2.19. The molecule has 2 N–H and O–H groups in total. The van der Waals surface area contributed by atoms with Gasteiger partial charge in [-0.25, -0.2) is 9.59 Å². The number of carbonyl (C=O) groups is 4. The third-order valence-corrected chi connectivity index (χ3v) is 5.67. The van der Waals surface area contributed by atoms with Crippen LogP contribution in [-0.2, 0) is 9.47 Å². The topological polar surface area (TPSA) is 114 Å². The van der Waals surface area contributed by atoms with Crippen LogP contribution >= 0.6 is 0 Å². The van der Waals surface area contributed by atoms with Crippen molar-refractivity contribution in [3.8, 4) is 0 Å². The number of benzene rings is 1. The highest BCUT2D eigenvalue weighted by Gasteiger charge is 2.39. The van der Waals surface area contributed by atoms with Crippen molar-refractivity contribution >= 4 is 24.0 Å². The molecule has 9 heteroatoms. The van der Waals surface area contributed by atoms with Gasteiger partial charge in [-0.15, -0.1) is 0 Å². The van der Waals surface area contributed by atoms with E-state index in [4.69, 9.17) is 9.47 Å². The van der Waals surface area contributed by atoms with Crippen LogP contribution in [0.4, 0.5) is 9.59 Å². The van der Waals surface area contributed by atoms with Gasteiger partial charge in [0.1, 0.15) is 11.2 Å². The molecular formula is C27H41N3O6. The van der Waals surface area contributed by atoms with E-state index in [0.29, 0.717) is 24.1 Å². The number of ether oxygens (including phenoxy) is 2. The standard InChI is InChI=1S/C27H41N3O6/c1-17(29-24(34)36-26(5,6)7)18(14-27(8,9)16-28-23(33)35-25(2,3)4)15-30-21(31)19-12-10-11-13-20(19)22(30)32/h10-13,17-18H,14-16H2,1-9H3,(H,28,33)(H,29,34)/t17-,18?/m1/s1. The lowest BCUT2D eigenvalue weighted by Gasteiger charge is -2.35. The Kier molecular flexibility index (Phi) is 8.81. The molecule has 0 aliphatic carbocycles. The van der Waals surface area contributed by atoms with Gasteiger partial charge < -0.3 is 20.1 Å². The van der Waals surface area contributed by atoms with Gasteiger partial charge in [-0.2, -0.15) is 0 Å². The van der Waals surface area contributed by atoms with Crippen LogP contribution in [0.2, 0.25) is 0 Å². The smallest absolute Gasteiger partial charge is 0.407 e. The maximum atomic E-state index is 13.0. The predicted molar refractivity (Wildman–Crippen MR) is 137 cm³/mol. The molecule has 0 spiro atoms. The van der Waals surface area contributed by atoms with Crippen LogP contribution in [0.3, 0.4) is 0 Å². The number of carbonyl (C=O) groups excluding carboxylic acids is 4. The Labute approximate surface area is 214 Å². The molecule has 9 nitrogen and oxygen atoms in total. The Hall–Kier alpha value is -3.10. The van der Waals surface area contributed by atoms with Crippen LogP contribution in [0.25, 0.3) is 0 Å². The first-order valence-electron chi connectivity index (χ1n) is 12.3. The van der Waals surface area contributed by atoms with E-state index < -0.39 is 34.8 Å². The lowest BCUT2D eigenvalue weighted by molar-refractivity contribution is 0.0457. The van der Waals surface area contributed by atoms with E-state index in [1.54, 1.807) is 65.8 Å². The monoisotopic (exact) mass is 503 g/mol. The van der Waals surface area contributed by atoms with Gasteiger partial charge in [0.2, 0.25) is 0 Å². The molecule has 1 aromatic carbocycles. The minimum absolute atomic E-state index is 0.110. The molecule has 1 heterocycles. The van der Waals surface area contributed by atoms with Crippen molar-refractivity contribution in [3.63, 3.8) is 0 Å². The number of nitrogens with zero attached hydrogens (tertiary/aromatic N) is 1. The molecule has 0 saturated carbocycles. The number of fused-ring (bicyclic) bond motifs is 1. The molecule has 1 aliphatic rings. The Bertz CT molecular complexity index is 955. The van der Waals surface area contributed by atoms with Crippen LogP contribution in [0, 0.1) is 11.3 Å². The molecule has 1 unspecified atom stereocenters. The third-order valence-electron chi connectivity index (χ3n) is 5.67. The predicted octanol–water partition coefficient (Wildman–Crippen LogP) is 4.75. The first kappa shape index (κ1) is 29.1. The second-order valence-electron chi connectivity index (χ2n) is 12.2. The lowest BCUT2D eigenvalue weighted by atomic mass is 9.79. The fraction of sp³-hybridized carbons (Fsp3) is 0.630. The molecule has 1 aliphatic heterocycles. The van der Waals surface area contributed by atoms with Crippen LogP contribution < -0.4 is 10.6 Å². The van der Waals surface area contributed by atoms with E-state index in [-0.39, 0.29) is 24.3 Å². The summed E-state index contributed by atoms with van der Waals surface area (Å²) in [6.45, 7) is 16.9. The number of rotatable bonds is 8. The quantitative estimate of drug-likeness (QED) is 0.495. The number of alkyl carbamates (subject to hydrolysis) is 2. The van der Waals surface area contributed by atoms with Gasteiger partial charge in [0.15, 0.2) is 0 Å². The van der Waals surface area contributed by atoms with Crippen molar-refractivity contribution < 1.29 is 28.7 Å². The molecule has 0 fully saturated rings. The van der Waals surface area contributed by atoms with Crippen molar-refractivity contribution in [2.24, 2.45) is 11.3 Å². The van der Waals surface area contributed by atoms with E-state index >= 15 is 0 Å². The summed E-state index contributed by atoms with van der Waals surface area (Å²) in [7, 11) is 0. The summed E-state index contributed by atoms with van der Waals surface area (Å²) >= 11 is 0. The Morgan fingerprint density at radius 3 is 1.81 bits per heavy atom. The molecular weight excluding hydrogens is 462 g/mol. The Morgan fingerprint density at radius 1 is 0.861 bits per heavy atom. The van der Waals surface area contributed by atoms with Gasteiger partial charge in [-0.05, 0) is 78.4 Å². The Morgan fingerprint density at radius 2 is 1.33 bits per heavy atom. The number of imide groups is 1. The van der Waals surface area contributed by atoms with Crippen LogP contribution in [-0.4, -0.2) is 59.2 Å². The number of amides is 4. The average molecular weight is 504 g/mol. The maximum absolute atomic E-state index is 13.0. The van der Waals surface area contributed by atoms with E-state index in [9.17, 15) is 19.2 Å². The highest BCUT2D eigenvalue weighted by molar-refractivity contribution is 6.21. The summed E-state index contributed by atoms with van der Waals surface area (Å²) in [5.74, 6) is -1.01. The zero-order valence-corrected chi connectivity index (χ0v) is 23.0. The lowest BCUT2D eigenvalue weighted by Crippen LogP contribution is -2.48. The van der Waals surface area contributed by atoms with Gasteiger partial charge in [0, 0.05) is 19.1 Å². The van der Waals surface area contributed by atoms with Crippen LogP contribution in [0.5, 0.6) is 0 Å². The molecule has 2 atom stereocenters. The van der Waals surface area contributed by atoms with Gasteiger partial charge in [0.05, 0.1) is 11.1 Å². The largest absolute Gasteiger partial charge is 0.444 e. The molecule has 1 aromatic rings. The summed E-state index contributed by atoms with van der Waals surface area (Å²) in [4.78, 5) is 51.9. The summed E-state index contributed by atoms with van der Waals surface area (Å²) in [5, 5.41) is 5.66. The van der Waals surface area contributed by atoms with Crippen molar-refractivity contribution in [1.82, 2.24) is 15.5 Å². The maximum Gasteiger partial charge on any atom is 0.407 e. The molecule has 0 bridgehead atoms. The number of hydrogen-bond acceptors (Lipinski definition) is 6. The normalized spacial score (nSPS) is 15.8. The molecule has 0 saturated heterocycles. The van der Waals surface area contributed by atoms with Gasteiger partial charge >= 0.3 is 12.2 Å². The second kappa shape index (κ2) is 10.9. The summed E-state index contributed by atoms with van der Waals surface area (Å²) in [5.41, 5.74) is -0.976. The van der Waals surface area contributed by atoms with Crippen LogP contribution in [0.1, 0.15) is 89.5 Å². The zero-order valence-electron chi connectivity index (χ0n) is 23.0. The highest BCUT2D eigenvalue weighted by Crippen LogP contribution is 2.31. The zero-order chi connectivity index (χ0) is 27.5. The first-order valence-corrected chi connectivity index (χ1v) is 12.3. The van der Waals surface area contributed by atoms with Crippen LogP contribution in [0.15, 0.2) is 24.3 Å². The first-order chi connectivity index (χ1) is 16.4. The summed E-state index contributed by atoms with van der Waals surface area (Å²) in [6.07, 6.45) is -0.605. The average Bonchev–Trinajstić information content (AvgIpc) is 2.94. The fourth-order valence-electron chi connectivity index (χ4n) is 4.06. The molecule has 2 rings (SSSR count). The van der Waals surface area contributed by atoms with E-state index in [1.807, 2.05) is 20.8 Å². The van der Waals surface area contributed by atoms with Gasteiger partial charge in [-0.1, -0.05) is 26.0 Å². The van der Waals surface area contributed by atoms with E-state index in [0.717, 1.165) is 0 Å². The molecule has 4 amide bonds. The molecule has 200 valence electrons. The highest BCUT2D eigenvalue weighted by atomic mass is 16.6.